The van der Waals surface area contributed by atoms with Gasteiger partial charge in [0.25, 0.3) is 0 Å². The lowest BCUT2D eigenvalue weighted by molar-refractivity contribution is -0.0138. The molecule has 0 heterocycles. The first-order valence-electron chi connectivity index (χ1n) is 6.29. The van der Waals surface area contributed by atoms with Crippen LogP contribution in [-0.2, 0) is 10.3 Å². The zero-order chi connectivity index (χ0) is 13.6. The van der Waals surface area contributed by atoms with Crippen molar-refractivity contribution in [2.75, 3.05) is 13.2 Å². The molecule has 2 aromatic carbocycles. The van der Waals surface area contributed by atoms with E-state index in [-0.39, 0.29) is 6.61 Å². The van der Waals surface area contributed by atoms with Gasteiger partial charge in [-0.15, -0.1) is 6.58 Å². The van der Waals surface area contributed by atoms with E-state index in [4.69, 9.17) is 4.74 Å². The molecule has 0 atom stereocenters. The average molecular weight is 254 g/mol. The molecule has 0 saturated heterocycles. The van der Waals surface area contributed by atoms with E-state index in [2.05, 4.69) is 6.58 Å². The zero-order valence-electron chi connectivity index (χ0n) is 10.8. The Bertz CT molecular complexity index is 466. The van der Waals surface area contributed by atoms with E-state index in [1.54, 1.807) is 6.08 Å². The molecule has 0 amide bonds. The van der Waals surface area contributed by atoms with Crippen molar-refractivity contribution in [3.63, 3.8) is 0 Å². The van der Waals surface area contributed by atoms with Crippen molar-refractivity contribution in [2.45, 2.75) is 5.60 Å². The molecule has 2 aromatic rings. The summed E-state index contributed by atoms with van der Waals surface area (Å²) in [4.78, 5) is 0. The van der Waals surface area contributed by atoms with Crippen LogP contribution in [0, 0.1) is 0 Å². The lowest BCUT2D eigenvalue weighted by atomic mass is 9.87. The second-order valence-corrected chi connectivity index (χ2v) is 4.40. The van der Waals surface area contributed by atoms with Gasteiger partial charge in [-0.3, -0.25) is 0 Å². The molecule has 0 unspecified atom stereocenters. The molecule has 2 rings (SSSR count). The van der Waals surface area contributed by atoms with E-state index in [0.29, 0.717) is 6.61 Å². The molecule has 0 radical (unpaired) electrons. The zero-order valence-corrected chi connectivity index (χ0v) is 10.8. The van der Waals surface area contributed by atoms with E-state index in [0.717, 1.165) is 11.1 Å². The van der Waals surface area contributed by atoms with Gasteiger partial charge in [0.05, 0.1) is 13.2 Å². The number of hydrogen-bond donors (Lipinski definition) is 1. The maximum absolute atomic E-state index is 11.0. The fourth-order valence-corrected chi connectivity index (χ4v) is 2.05. The van der Waals surface area contributed by atoms with E-state index in [1.165, 1.54) is 0 Å². The Morgan fingerprint density at radius 3 is 1.84 bits per heavy atom. The minimum absolute atomic E-state index is 0.201. The van der Waals surface area contributed by atoms with Crippen LogP contribution in [0.15, 0.2) is 73.3 Å². The summed E-state index contributed by atoms with van der Waals surface area (Å²) in [5, 5.41) is 11.0. The van der Waals surface area contributed by atoms with Crippen LogP contribution in [-0.4, -0.2) is 18.3 Å². The van der Waals surface area contributed by atoms with Crippen molar-refractivity contribution in [1.29, 1.82) is 0 Å². The molecule has 0 saturated carbocycles. The summed E-state index contributed by atoms with van der Waals surface area (Å²) < 4.78 is 5.49. The van der Waals surface area contributed by atoms with Gasteiger partial charge < -0.3 is 9.84 Å². The number of benzene rings is 2. The summed E-state index contributed by atoms with van der Waals surface area (Å²) >= 11 is 0. The minimum atomic E-state index is -1.13. The Hall–Kier alpha value is -1.90. The fourth-order valence-electron chi connectivity index (χ4n) is 2.05. The second kappa shape index (κ2) is 6.32. The molecular weight excluding hydrogens is 236 g/mol. The van der Waals surface area contributed by atoms with Crippen molar-refractivity contribution in [2.24, 2.45) is 0 Å². The van der Waals surface area contributed by atoms with Crippen LogP contribution in [0.25, 0.3) is 0 Å². The molecule has 0 spiro atoms. The van der Waals surface area contributed by atoms with Gasteiger partial charge in [0.2, 0.25) is 0 Å². The largest absolute Gasteiger partial charge is 0.378 e. The standard InChI is InChI=1S/C17H18O2/c1-2-13-19-14-17(18,15-9-5-3-6-10-15)16-11-7-4-8-12-16/h2-12,18H,1,13-14H2. The van der Waals surface area contributed by atoms with Crippen LogP contribution in [0.4, 0.5) is 0 Å². The fraction of sp³-hybridized carbons (Fsp3) is 0.176. The van der Waals surface area contributed by atoms with Crippen molar-refractivity contribution in [1.82, 2.24) is 0 Å². The van der Waals surface area contributed by atoms with E-state index >= 15 is 0 Å². The van der Waals surface area contributed by atoms with Crippen LogP contribution in [0.5, 0.6) is 0 Å². The van der Waals surface area contributed by atoms with Gasteiger partial charge in [0, 0.05) is 0 Å². The van der Waals surface area contributed by atoms with Gasteiger partial charge in [-0.25, -0.2) is 0 Å². The predicted molar refractivity (Wildman–Crippen MR) is 76.9 cm³/mol. The molecule has 0 fully saturated rings. The minimum Gasteiger partial charge on any atom is -0.378 e. The highest BCUT2D eigenvalue weighted by atomic mass is 16.5. The van der Waals surface area contributed by atoms with Gasteiger partial charge in [-0.05, 0) is 11.1 Å². The van der Waals surface area contributed by atoms with Crippen molar-refractivity contribution in [3.05, 3.63) is 84.4 Å². The van der Waals surface area contributed by atoms with Crippen molar-refractivity contribution < 1.29 is 9.84 Å². The van der Waals surface area contributed by atoms with Gasteiger partial charge in [0.15, 0.2) is 0 Å². The van der Waals surface area contributed by atoms with E-state index in [1.807, 2.05) is 60.7 Å². The Morgan fingerprint density at radius 2 is 1.42 bits per heavy atom. The Labute approximate surface area is 114 Å². The first-order valence-corrected chi connectivity index (χ1v) is 6.29. The number of ether oxygens (including phenoxy) is 1. The summed E-state index contributed by atoms with van der Waals surface area (Å²) in [6.45, 7) is 4.24. The first-order chi connectivity index (χ1) is 9.27. The molecular formula is C17H18O2. The molecule has 2 heteroatoms. The highest BCUT2D eigenvalue weighted by molar-refractivity contribution is 5.35. The summed E-state index contributed by atoms with van der Waals surface area (Å²) in [5.41, 5.74) is 0.515. The molecule has 1 N–H and O–H groups in total. The van der Waals surface area contributed by atoms with Gasteiger partial charge in [-0.1, -0.05) is 66.7 Å². The van der Waals surface area contributed by atoms with Crippen molar-refractivity contribution >= 4 is 0 Å². The first kappa shape index (κ1) is 13.5. The van der Waals surface area contributed by atoms with E-state index < -0.39 is 5.60 Å². The molecule has 0 bridgehead atoms. The SMILES string of the molecule is C=CCOCC(O)(c1ccccc1)c1ccccc1. The Balaban J connectivity index is 2.35. The van der Waals surface area contributed by atoms with Gasteiger partial charge >= 0.3 is 0 Å². The topological polar surface area (TPSA) is 29.5 Å². The number of rotatable bonds is 6. The Morgan fingerprint density at radius 1 is 0.947 bits per heavy atom. The van der Waals surface area contributed by atoms with Gasteiger partial charge in [-0.2, -0.15) is 0 Å². The highest BCUT2D eigenvalue weighted by Crippen LogP contribution is 2.29. The predicted octanol–water partition coefficient (Wildman–Crippen LogP) is 3.13. The molecule has 2 nitrogen and oxygen atoms in total. The maximum atomic E-state index is 11.0. The number of aliphatic hydroxyl groups is 1. The third-order valence-electron chi connectivity index (χ3n) is 3.05. The molecule has 0 aromatic heterocycles. The van der Waals surface area contributed by atoms with Crippen LogP contribution >= 0.6 is 0 Å². The maximum Gasteiger partial charge on any atom is 0.138 e. The van der Waals surface area contributed by atoms with Gasteiger partial charge in [0.1, 0.15) is 5.60 Å². The summed E-state index contributed by atoms with van der Waals surface area (Å²) in [6.07, 6.45) is 1.68. The van der Waals surface area contributed by atoms with Crippen molar-refractivity contribution in [3.8, 4) is 0 Å². The summed E-state index contributed by atoms with van der Waals surface area (Å²) in [5.74, 6) is 0. The second-order valence-electron chi connectivity index (χ2n) is 4.40. The molecule has 19 heavy (non-hydrogen) atoms. The quantitative estimate of drug-likeness (QED) is 0.634. The van der Waals surface area contributed by atoms with Crippen LogP contribution < -0.4 is 0 Å². The lowest BCUT2D eigenvalue weighted by Crippen LogP contribution is -2.33. The monoisotopic (exact) mass is 254 g/mol. The smallest absolute Gasteiger partial charge is 0.138 e. The van der Waals surface area contributed by atoms with Crippen LogP contribution in [0.3, 0.4) is 0 Å². The molecule has 0 aliphatic rings. The highest BCUT2D eigenvalue weighted by Gasteiger charge is 2.31. The molecule has 98 valence electrons. The summed E-state index contributed by atoms with van der Waals surface area (Å²) in [7, 11) is 0. The van der Waals surface area contributed by atoms with Crippen LogP contribution in [0.1, 0.15) is 11.1 Å². The third-order valence-corrected chi connectivity index (χ3v) is 3.05. The number of hydrogen-bond acceptors (Lipinski definition) is 2. The average Bonchev–Trinajstić information content (AvgIpc) is 2.49. The lowest BCUT2D eigenvalue weighted by Gasteiger charge is -2.29. The molecule has 0 aliphatic carbocycles. The third kappa shape index (κ3) is 3.11. The Kier molecular flexibility index (Phi) is 4.50. The normalized spacial score (nSPS) is 11.2. The molecule has 0 aliphatic heterocycles. The van der Waals surface area contributed by atoms with Crippen LogP contribution in [0.2, 0.25) is 0 Å². The van der Waals surface area contributed by atoms with E-state index in [9.17, 15) is 5.11 Å². The summed E-state index contributed by atoms with van der Waals surface area (Å²) in [6, 6.07) is 19.1.